The van der Waals surface area contributed by atoms with Gasteiger partial charge in [-0.3, -0.25) is 9.48 Å². The van der Waals surface area contributed by atoms with Gasteiger partial charge in [-0.15, -0.1) is 0 Å². The fraction of sp³-hybridized carbons (Fsp3) is 0.261. The fourth-order valence-electron chi connectivity index (χ4n) is 3.43. The van der Waals surface area contributed by atoms with E-state index in [0.717, 1.165) is 5.56 Å². The summed E-state index contributed by atoms with van der Waals surface area (Å²) in [5.74, 6) is 0.178. The topological polar surface area (TPSA) is 107 Å². The number of fused-ring (bicyclic) bond motifs is 1. The van der Waals surface area contributed by atoms with Crippen molar-refractivity contribution in [3.63, 3.8) is 0 Å². The molecule has 1 aromatic carbocycles. The number of amides is 1. The minimum absolute atomic E-state index is 0.353. The van der Waals surface area contributed by atoms with Crippen LogP contribution in [0.2, 0.25) is 0 Å². The first kappa shape index (κ1) is 22.1. The zero-order valence-corrected chi connectivity index (χ0v) is 18.8. The lowest BCUT2D eigenvalue weighted by molar-refractivity contribution is 0.102. The van der Waals surface area contributed by atoms with Gasteiger partial charge in [0.15, 0.2) is 0 Å². The van der Waals surface area contributed by atoms with Crippen LogP contribution in [0.5, 0.6) is 5.88 Å². The molecule has 0 aliphatic carbocycles. The number of benzene rings is 1. The molecule has 1 amide bonds. The molecular weight excluding hydrogens is 425 g/mol. The average Bonchev–Trinajstić information content (AvgIpc) is 3.22. The van der Waals surface area contributed by atoms with E-state index in [-0.39, 0.29) is 5.91 Å². The zero-order valence-electron chi connectivity index (χ0n) is 18.8. The van der Waals surface area contributed by atoms with E-state index in [1.165, 1.54) is 25.4 Å². The summed E-state index contributed by atoms with van der Waals surface area (Å²) in [4.78, 5) is 25.6. The highest BCUT2D eigenvalue weighted by molar-refractivity contribution is 6.04. The molecule has 4 aromatic rings. The first-order valence-electron chi connectivity index (χ1n) is 10.5. The molecule has 9 nitrogen and oxygen atoms in total. The summed E-state index contributed by atoms with van der Waals surface area (Å²) in [6.45, 7) is 6.30. The standard InChI is InChI=1S/C23H24FN7O2/c1-5-31-12-19-21(30-31)29-20(11-25-19)27-14(3)17-9-16(6-7-18(17)24)28-22(32)15-8-13(2)23(33-4)26-10-15/h6-12,14H,5H2,1-4H3,(H,28,32)(H,27,29,30)/t14-/m0/s1. The molecule has 10 heteroatoms. The minimum atomic E-state index is -0.438. The van der Waals surface area contributed by atoms with Gasteiger partial charge in [0.1, 0.15) is 17.2 Å². The Bertz CT molecular complexity index is 1320. The van der Waals surface area contributed by atoms with E-state index in [0.29, 0.717) is 46.2 Å². The second-order valence-corrected chi connectivity index (χ2v) is 7.56. The van der Waals surface area contributed by atoms with Crippen LogP contribution < -0.4 is 15.4 Å². The van der Waals surface area contributed by atoms with E-state index < -0.39 is 11.9 Å². The SMILES string of the molecule is CCn1cc2ncc(N[C@@H](C)c3cc(NC(=O)c4cnc(OC)c(C)c4)ccc3F)nc2n1. The second kappa shape index (κ2) is 9.19. The summed E-state index contributed by atoms with van der Waals surface area (Å²) >= 11 is 0. The van der Waals surface area contributed by atoms with Gasteiger partial charge in [-0.05, 0) is 45.0 Å². The van der Waals surface area contributed by atoms with Gasteiger partial charge in [0, 0.05) is 29.6 Å². The fourth-order valence-corrected chi connectivity index (χ4v) is 3.43. The van der Waals surface area contributed by atoms with E-state index in [4.69, 9.17) is 4.74 Å². The van der Waals surface area contributed by atoms with Gasteiger partial charge in [0.05, 0.1) is 31.1 Å². The molecule has 0 unspecified atom stereocenters. The van der Waals surface area contributed by atoms with E-state index in [1.807, 2.05) is 13.1 Å². The van der Waals surface area contributed by atoms with Crippen LogP contribution in [-0.4, -0.2) is 37.7 Å². The molecule has 0 fully saturated rings. The summed E-state index contributed by atoms with van der Waals surface area (Å²) < 4.78 is 21.5. The largest absolute Gasteiger partial charge is 0.481 e. The lowest BCUT2D eigenvalue weighted by Gasteiger charge is -2.17. The molecule has 0 aliphatic rings. The van der Waals surface area contributed by atoms with Crippen molar-refractivity contribution in [3.05, 3.63) is 65.4 Å². The van der Waals surface area contributed by atoms with Crippen molar-refractivity contribution in [2.24, 2.45) is 0 Å². The molecule has 0 saturated carbocycles. The number of nitrogens with one attached hydrogen (secondary N) is 2. The van der Waals surface area contributed by atoms with Crippen LogP contribution in [0.15, 0.2) is 42.9 Å². The predicted molar refractivity (Wildman–Crippen MR) is 123 cm³/mol. The molecule has 0 saturated heterocycles. The quantitative estimate of drug-likeness (QED) is 0.437. The summed E-state index contributed by atoms with van der Waals surface area (Å²) in [7, 11) is 1.52. The van der Waals surface area contributed by atoms with Crippen LogP contribution in [0.4, 0.5) is 15.9 Å². The molecule has 0 bridgehead atoms. The Labute approximate surface area is 190 Å². The van der Waals surface area contributed by atoms with Gasteiger partial charge < -0.3 is 15.4 Å². The Morgan fingerprint density at radius 1 is 1.24 bits per heavy atom. The normalized spacial score (nSPS) is 11.9. The number of pyridine rings is 1. The van der Waals surface area contributed by atoms with E-state index in [1.54, 1.807) is 36.9 Å². The van der Waals surface area contributed by atoms with Crippen LogP contribution in [-0.2, 0) is 6.54 Å². The number of hydrogen-bond acceptors (Lipinski definition) is 7. The summed E-state index contributed by atoms with van der Waals surface area (Å²) in [5, 5.41) is 10.3. The Balaban J connectivity index is 1.51. The Kier molecular flexibility index (Phi) is 6.16. The van der Waals surface area contributed by atoms with Gasteiger partial charge in [-0.25, -0.2) is 19.3 Å². The number of halogens is 1. The number of carbonyl (C=O) groups is 1. The Morgan fingerprint density at radius 3 is 2.79 bits per heavy atom. The molecular formula is C23H24FN7O2. The monoisotopic (exact) mass is 449 g/mol. The number of methoxy groups -OCH3 is 1. The van der Waals surface area contributed by atoms with Crippen molar-refractivity contribution in [1.29, 1.82) is 0 Å². The number of rotatable bonds is 7. The van der Waals surface area contributed by atoms with Gasteiger partial charge in [0.2, 0.25) is 11.5 Å². The molecule has 1 atom stereocenters. The van der Waals surface area contributed by atoms with Crippen molar-refractivity contribution in [2.75, 3.05) is 17.7 Å². The first-order chi connectivity index (χ1) is 15.9. The third-order valence-electron chi connectivity index (χ3n) is 5.17. The summed E-state index contributed by atoms with van der Waals surface area (Å²) in [6, 6.07) is 5.66. The van der Waals surface area contributed by atoms with Crippen molar-refractivity contribution in [1.82, 2.24) is 24.7 Å². The first-order valence-corrected chi connectivity index (χ1v) is 10.5. The molecule has 2 N–H and O–H groups in total. The molecule has 0 spiro atoms. The average molecular weight is 449 g/mol. The summed E-state index contributed by atoms with van der Waals surface area (Å²) in [6.07, 6.45) is 4.84. The number of hydrogen-bond donors (Lipinski definition) is 2. The smallest absolute Gasteiger partial charge is 0.257 e. The third-order valence-corrected chi connectivity index (χ3v) is 5.17. The number of aromatic nitrogens is 5. The number of ether oxygens (including phenoxy) is 1. The highest BCUT2D eigenvalue weighted by Crippen LogP contribution is 2.25. The highest BCUT2D eigenvalue weighted by Gasteiger charge is 2.16. The van der Waals surface area contributed by atoms with Crippen molar-refractivity contribution < 1.29 is 13.9 Å². The zero-order chi connectivity index (χ0) is 23.5. The molecule has 170 valence electrons. The maximum Gasteiger partial charge on any atom is 0.257 e. The van der Waals surface area contributed by atoms with Gasteiger partial charge >= 0.3 is 0 Å². The number of nitrogens with zero attached hydrogens (tertiary/aromatic N) is 5. The maximum absolute atomic E-state index is 14.6. The highest BCUT2D eigenvalue weighted by atomic mass is 19.1. The third kappa shape index (κ3) is 4.74. The van der Waals surface area contributed by atoms with Crippen LogP contribution >= 0.6 is 0 Å². The second-order valence-electron chi connectivity index (χ2n) is 7.56. The number of carbonyl (C=O) groups excluding carboxylic acids is 1. The van der Waals surface area contributed by atoms with Gasteiger partial charge in [-0.1, -0.05) is 0 Å². The maximum atomic E-state index is 14.6. The minimum Gasteiger partial charge on any atom is -0.481 e. The Morgan fingerprint density at radius 2 is 2.06 bits per heavy atom. The Hall–Kier alpha value is -4.08. The van der Waals surface area contributed by atoms with E-state index in [9.17, 15) is 9.18 Å². The molecule has 0 radical (unpaired) electrons. The number of aryl methyl sites for hydroxylation is 2. The van der Waals surface area contributed by atoms with Gasteiger partial charge in [0.25, 0.3) is 5.91 Å². The number of anilines is 2. The van der Waals surface area contributed by atoms with Crippen LogP contribution in [0.25, 0.3) is 11.2 Å². The van der Waals surface area contributed by atoms with Gasteiger partial charge in [-0.2, -0.15) is 5.10 Å². The van der Waals surface area contributed by atoms with Crippen molar-refractivity contribution in [2.45, 2.75) is 33.4 Å². The van der Waals surface area contributed by atoms with E-state index in [2.05, 4.69) is 30.7 Å². The molecule has 4 rings (SSSR count). The van der Waals surface area contributed by atoms with Crippen molar-refractivity contribution >= 4 is 28.6 Å². The lowest BCUT2D eigenvalue weighted by Crippen LogP contribution is -2.14. The van der Waals surface area contributed by atoms with Crippen LogP contribution in [0.3, 0.4) is 0 Å². The molecule has 33 heavy (non-hydrogen) atoms. The van der Waals surface area contributed by atoms with Crippen LogP contribution in [0.1, 0.15) is 41.4 Å². The van der Waals surface area contributed by atoms with Crippen molar-refractivity contribution in [3.8, 4) is 5.88 Å². The van der Waals surface area contributed by atoms with Crippen LogP contribution in [0, 0.1) is 12.7 Å². The lowest BCUT2D eigenvalue weighted by atomic mass is 10.1. The predicted octanol–water partition coefficient (Wildman–Crippen LogP) is 4.12. The molecule has 0 aliphatic heterocycles. The van der Waals surface area contributed by atoms with E-state index >= 15 is 0 Å². The molecule has 3 heterocycles. The molecule has 3 aromatic heterocycles. The summed E-state index contributed by atoms with van der Waals surface area (Å²) in [5.41, 5.74) is 3.15.